The first kappa shape index (κ1) is 23.9. The topological polar surface area (TPSA) is 72.0 Å². The number of anilines is 1. The molecule has 3 rings (SSSR count). The van der Waals surface area contributed by atoms with Crippen LogP contribution in [0.25, 0.3) is 0 Å². The molecule has 1 amide bonds. The number of pyridine rings is 1. The van der Waals surface area contributed by atoms with Gasteiger partial charge in [0, 0.05) is 32.4 Å². The molecule has 1 aromatic carbocycles. The molecule has 0 radical (unpaired) electrons. The van der Waals surface area contributed by atoms with Crippen molar-refractivity contribution < 1.29 is 32.2 Å². The number of amides is 1. The lowest BCUT2D eigenvalue weighted by Gasteiger charge is -2.35. The van der Waals surface area contributed by atoms with Crippen LogP contribution in [0.15, 0.2) is 30.5 Å². The van der Waals surface area contributed by atoms with Gasteiger partial charge in [-0.3, -0.25) is 4.79 Å². The van der Waals surface area contributed by atoms with Gasteiger partial charge in [-0.1, -0.05) is 23.2 Å². The third kappa shape index (κ3) is 5.55. The summed E-state index contributed by atoms with van der Waals surface area (Å²) in [6.45, 7) is 1.06. The Balaban J connectivity index is 1.54. The monoisotopic (exact) mass is 491 g/mol. The van der Waals surface area contributed by atoms with Crippen molar-refractivity contribution in [3.8, 4) is 5.75 Å². The third-order valence-corrected chi connectivity index (χ3v) is 5.36. The number of hydrogen-bond acceptors (Lipinski definition) is 6. The molecule has 0 bridgehead atoms. The quantitative estimate of drug-likeness (QED) is 0.590. The molecule has 1 aliphatic heterocycles. The van der Waals surface area contributed by atoms with Crippen molar-refractivity contribution in [1.29, 1.82) is 0 Å². The van der Waals surface area contributed by atoms with E-state index in [-0.39, 0.29) is 39.7 Å². The van der Waals surface area contributed by atoms with Gasteiger partial charge in [0.15, 0.2) is 6.61 Å². The van der Waals surface area contributed by atoms with E-state index in [4.69, 9.17) is 27.9 Å². The van der Waals surface area contributed by atoms with E-state index in [1.165, 1.54) is 25.3 Å². The van der Waals surface area contributed by atoms with E-state index in [1.54, 1.807) is 9.80 Å². The molecule has 1 saturated heterocycles. The van der Waals surface area contributed by atoms with E-state index >= 15 is 0 Å². The minimum Gasteiger partial charge on any atom is -0.482 e. The van der Waals surface area contributed by atoms with E-state index in [1.807, 2.05) is 0 Å². The van der Waals surface area contributed by atoms with Crippen LogP contribution in [-0.2, 0) is 15.7 Å². The van der Waals surface area contributed by atoms with Crippen molar-refractivity contribution in [2.75, 3.05) is 44.8 Å². The van der Waals surface area contributed by atoms with Gasteiger partial charge < -0.3 is 19.3 Å². The van der Waals surface area contributed by atoms with Crippen molar-refractivity contribution >= 4 is 40.9 Å². The Labute approximate surface area is 191 Å². The van der Waals surface area contributed by atoms with Crippen LogP contribution in [0.4, 0.5) is 19.0 Å². The fraction of sp³-hybridized carbons (Fsp3) is 0.350. The highest BCUT2D eigenvalue weighted by molar-refractivity contribution is 6.33. The summed E-state index contributed by atoms with van der Waals surface area (Å²) in [6.07, 6.45) is -3.79. The molecule has 7 nitrogen and oxygen atoms in total. The van der Waals surface area contributed by atoms with Gasteiger partial charge >= 0.3 is 12.1 Å². The summed E-state index contributed by atoms with van der Waals surface area (Å²) in [5, 5.41) is 0.0570. The van der Waals surface area contributed by atoms with Gasteiger partial charge in [-0.2, -0.15) is 13.2 Å². The Kier molecular flexibility index (Phi) is 7.35. The van der Waals surface area contributed by atoms with Gasteiger partial charge in [-0.15, -0.1) is 0 Å². The summed E-state index contributed by atoms with van der Waals surface area (Å²) < 4.78 is 48.4. The predicted molar refractivity (Wildman–Crippen MR) is 111 cm³/mol. The van der Waals surface area contributed by atoms with Gasteiger partial charge in [0.2, 0.25) is 0 Å². The van der Waals surface area contributed by atoms with E-state index in [9.17, 15) is 22.8 Å². The van der Waals surface area contributed by atoms with Crippen molar-refractivity contribution in [2.45, 2.75) is 6.18 Å². The van der Waals surface area contributed by atoms with Crippen LogP contribution < -0.4 is 9.64 Å². The Morgan fingerprint density at radius 1 is 1.09 bits per heavy atom. The minimum absolute atomic E-state index is 0.104. The maximum absolute atomic E-state index is 12.8. The van der Waals surface area contributed by atoms with Gasteiger partial charge in [0.25, 0.3) is 5.91 Å². The van der Waals surface area contributed by atoms with E-state index in [2.05, 4.69) is 9.72 Å². The Bertz CT molecular complexity index is 1010. The standard InChI is InChI=1S/C20H18Cl2F3N3O4/c1-31-19(30)12-2-3-16(14(21)8-12)32-11-17(29)27-4-6-28(7-5-27)18-15(22)9-13(10-26-18)20(23,24)25/h2-3,8-10H,4-7,11H2,1H3. The SMILES string of the molecule is COC(=O)c1ccc(OCC(=O)N2CCN(c3ncc(C(F)(F)F)cc3Cl)CC2)c(Cl)c1. The highest BCUT2D eigenvalue weighted by Gasteiger charge is 2.32. The zero-order chi connectivity index (χ0) is 23.5. The molecule has 1 aliphatic rings. The lowest BCUT2D eigenvalue weighted by atomic mass is 10.2. The molecule has 0 atom stereocenters. The van der Waals surface area contributed by atoms with Crippen molar-refractivity contribution in [3.63, 3.8) is 0 Å². The molecule has 1 fully saturated rings. The van der Waals surface area contributed by atoms with Crippen LogP contribution in [0.3, 0.4) is 0 Å². The van der Waals surface area contributed by atoms with Crippen LogP contribution >= 0.6 is 23.2 Å². The van der Waals surface area contributed by atoms with Crippen LogP contribution in [0.1, 0.15) is 15.9 Å². The number of benzene rings is 1. The number of ether oxygens (including phenoxy) is 2. The van der Waals surface area contributed by atoms with E-state index in [0.717, 1.165) is 12.3 Å². The highest BCUT2D eigenvalue weighted by atomic mass is 35.5. The maximum atomic E-state index is 12.8. The average Bonchev–Trinajstić information content (AvgIpc) is 2.77. The number of rotatable bonds is 5. The Morgan fingerprint density at radius 3 is 2.34 bits per heavy atom. The molecule has 0 saturated carbocycles. The summed E-state index contributed by atoms with van der Waals surface area (Å²) in [7, 11) is 1.25. The number of esters is 1. The zero-order valence-electron chi connectivity index (χ0n) is 16.8. The third-order valence-electron chi connectivity index (χ3n) is 4.79. The molecule has 2 heterocycles. The summed E-state index contributed by atoms with van der Waals surface area (Å²) in [4.78, 5) is 31.1. The zero-order valence-corrected chi connectivity index (χ0v) is 18.3. The first-order valence-electron chi connectivity index (χ1n) is 9.36. The van der Waals surface area contributed by atoms with Crippen LogP contribution in [-0.4, -0.2) is 61.7 Å². The number of carbonyl (C=O) groups excluding carboxylic acids is 2. The fourth-order valence-electron chi connectivity index (χ4n) is 3.08. The summed E-state index contributed by atoms with van der Waals surface area (Å²) in [6, 6.07) is 5.16. The van der Waals surface area contributed by atoms with Crippen molar-refractivity contribution in [2.24, 2.45) is 0 Å². The number of piperazine rings is 1. The Morgan fingerprint density at radius 2 is 1.78 bits per heavy atom. The van der Waals surface area contributed by atoms with Gasteiger partial charge in [0.05, 0.1) is 28.3 Å². The normalized spacial score (nSPS) is 14.3. The summed E-state index contributed by atoms with van der Waals surface area (Å²) in [5.74, 6) is -0.355. The molecule has 172 valence electrons. The van der Waals surface area contributed by atoms with Crippen LogP contribution in [0.2, 0.25) is 10.0 Å². The second kappa shape index (κ2) is 9.83. The second-order valence-corrected chi connectivity index (χ2v) is 7.63. The number of methoxy groups -OCH3 is 1. The van der Waals surface area contributed by atoms with Crippen molar-refractivity contribution in [3.05, 3.63) is 51.6 Å². The smallest absolute Gasteiger partial charge is 0.417 e. The second-order valence-electron chi connectivity index (χ2n) is 6.82. The molecule has 0 unspecified atom stereocenters. The predicted octanol–water partition coefficient (Wildman–Crippen LogP) is 3.92. The van der Waals surface area contributed by atoms with Gasteiger partial charge in [-0.05, 0) is 24.3 Å². The fourth-order valence-corrected chi connectivity index (χ4v) is 3.60. The molecule has 0 aliphatic carbocycles. The molecule has 1 aromatic heterocycles. The maximum Gasteiger partial charge on any atom is 0.417 e. The number of alkyl halides is 3. The number of halogens is 5. The van der Waals surface area contributed by atoms with Crippen LogP contribution in [0, 0.1) is 0 Å². The summed E-state index contributed by atoms with van der Waals surface area (Å²) >= 11 is 12.1. The minimum atomic E-state index is -4.52. The largest absolute Gasteiger partial charge is 0.482 e. The van der Waals surface area contributed by atoms with Gasteiger partial charge in [-0.25, -0.2) is 9.78 Å². The van der Waals surface area contributed by atoms with E-state index in [0.29, 0.717) is 26.2 Å². The molecule has 0 N–H and O–H groups in total. The number of hydrogen-bond donors (Lipinski definition) is 0. The van der Waals surface area contributed by atoms with Gasteiger partial charge in [0.1, 0.15) is 11.6 Å². The van der Waals surface area contributed by atoms with Crippen LogP contribution in [0.5, 0.6) is 5.75 Å². The molecule has 12 heteroatoms. The highest BCUT2D eigenvalue weighted by Crippen LogP contribution is 2.33. The number of aromatic nitrogens is 1. The number of nitrogens with zero attached hydrogens (tertiary/aromatic N) is 3. The van der Waals surface area contributed by atoms with E-state index < -0.39 is 17.7 Å². The molecule has 0 spiro atoms. The molecule has 2 aromatic rings. The average molecular weight is 492 g/mol. The summed E-state index contributed by atoms with van der Waals surface area (Å²) in [5.41, 5.74) is -0.668. The molecular formula is C20H18Cl2F3N3O4. The number of carbonyl (C=O) groups is 2. The lowest BCUT2D eigenvalue weighted by molar-refractivity contribution is -0.138. The van der Waals surface area contributed by atoms with Crippen molar-refractivity contribution in [1.82, 2.24) is 9.88 Å². The molecule has 32 heavy (non-hydrogen) atoms. The Hall–Kier alpha value is -2.72. The first-order valence-corrected chi connectivity index (χ1v) is 10.1. The lowest BCUT2D eigenvalue weighted by Crippen LogP contribution is -2.50. The molecular weight excluding hydrogens is 474 g/mol. The first-order chi connectivity index (χ1) is 15.1.